The molecular weight excluding hydrogens is 350 g/mol. The van der Waals surface area contributed by atoms with Crippen molar-refractivity contribution in [1.29, 1.82) is 0 Å². The van der Waals surface area contributed by atoms with Gasteiger partial charge in [0.25, 0.3) is 5.91 Å². The minimum absolute atomic E-state index is 0.163. The van der Waals surface area contributed by atoms with Gasteiger partial charge < -0.3 is 14.5 Å². The van der Waals surface area contributed by atoms with Crippen LogP contribution in [0.25, 0.3) is 11.0 Å². The summed E-state index contributed by atoms with van der Waals surface area (Å²) < 4.78 is 10.8. The Morgan fingerprint density at radius 3 is 2.54 bits per heavy atom. The fourth-order valence-electron chi connectivity index (χ4n) is 2.52. The first kappa shape index (κ1) is 18.1. The molecule has 134 valence electrons. The molecule has 0 atom stereocenters. The molecule has 3 aromatic rings. The number of esters is 1. The molecule has 0 aliphatic rings. The molecule has 1 N–H and O–H groups in total. The third-order valence-electron chi connectivity index (χ3n) is 3.85. The molecule has 0 aliphatic heterocycles. The van der Waals surface area contributed by atoms with E-state index in [4.69, 9.17) is 9.15 Å². The fourth-order valence-corrected chi connectivity index (χ4v) is 3.54. The fraction of sp³-hybridized carbons (Fsp3) is 0.200. The molecule has 0 radical (unpaired) electrons. The Hall–Kier alpha value is -2.73. The van der Waals surface area contributed by atoms with Crippen molar-refractivity contribution in [1.82, 2.24) is 5.32 Å². The summed E-state index contributed by atoms with van der Waals surface area (Å²) in [5.74, 6) is 0.605. The van der Waals surface area contributed by atoms with Gasteiger partial charge in [0, 0.05) is 29.5 Å². The van der Waals surface area contributed by atoms with Gasteiger partial charge in [-0.25, -0.2) is 4.79 Å². The van der Waals surface area contributed by atoms with Crippen molar-refractivity contribution in [2.45, 2.75) is 11.5 Å². The summed E-state index contributed by atoms with van der Waals surface area (Å²) in [7, 11) is 1.49. The summed E-state index contributed by atoms with van der Waals surface area (Å²) in [6.45, 7) is -0.330. The lowest BCUT2D eigenvalue weighted by Crippen LogP contribution is -2.25. The zero-order valence-corrected chi connectivity index (χ0v) is 15.2. The molecule has 0 aliphatic carbocycles. The van der Waals surface area contributed by atoms with E-state index >= 15 is 0 Å². The number of furan rings is 1. The van der Waals surface area contributed by atoms with Crippen LogP contribution < -0.4 is 5.32 Å². The van der Waals surface area contributed by atoms with E-state index in [0.29, 0.717) is 11.3 Å². The van der Waals surface area contributed by atoms with E-state index in [1.807, 2.05) is 42.5 Å². The number of ether oxygens (including phenoxy) is 1. The van der Waals surface area contributed by atoms with Crippen LogP contribution in [-0.2, 0) is 21.0 Å². The van der Waals surface area contributed by atoms with E-state index in [1.54, 1.807) is 11.8 Å². The molecule has 0 saturated carbocycles. The number of benzene rings is 2. The van der Waals surface area contributed by atoms with Crippen LogP contribution in [0.1, 0.15) is 21.7 Å². The smallest absolute Gasteiger partial charge is 0.375 e. The van der Waals surface area contributed by atoms with Crippen molar-refractivity contribution >= 4 is 34.6 Å². The predicted molar refractivity (Wildman–Crippen MR) is 102 cm³/mol. The Morgan fingerprint density at radius 1 is 1.04 bits per heavy atom. The highest BCUT2D eigenvalue weighted by Gasteiger charge is 2.22. The van der Waals surface area contributed by atoms with Crippen LogP contribution in [0.5, 0.6) is 0 Å². The Bertz CT molecular complexity index is 905. The highest BCUT2D eigenvalue weighted by molar-refractivity contribution is 7.97. The van der Waals surface area contributed by atoms with E-state index in [2.05, 4.69) is 17.4 Å². The number of carbonyl (C=O) groups is 2. The summed E-state index contributed by atoms with van der Waals surface area (Å²) >= 11 is 1.69. The van der Waals surface area contributed by atoms with Crippen molar-refractivity contribution in [2.24, 2.45) is 0 Å². The van der Waals surface area contributed by atoms with Crippen molar-refractivity contribution in [3.8, 4) is 0 Å². The molecular formula is C20H19NO4S. The highest BCUT2D eigenvalue weighted by Crippen LogP contribution is 2.30. The van der Waals surface area contributed by atoms with Crippen LogP contribution in [-0.4, -0.2) is 25.5 Å². The van der Waals surface area contributed by atoms with Crippen molar-refractivity contribution in [3.05, 3.63) is 71.5 Å². The van der Waals surface area contributed by atoms with Gasteiger partial charge in [-0.15, -0.1) is 0 Å². The number of fused-ring (bicyclic) bond motifs is 1. The molecule has 1 heterocycles. The molecule has 2 aromatic carbocycles. The van der Waals surface area contributed by atoms with Gasteiger partial charge in [-0.2, -0.15) is 11.8 Å². The number of hydrogen-bond donors (Lipinski definition) is 1. The third kappa shape index (κ3) is 4.26. The first-order chi connectivity index (χ1) is 12.7. The minimum atomic E-state index is -0.625. The summed E-state index contributed by atoms with van der Waals surface area (Å²) in [5.41, 5.74) is 2.65. The number of likely N-dealkylation sites (N-methyl/N-ethyl adjacent to an activating group) is 1. The molecule has 1 amide bonds. The molecule has 1 aromatic heterocycles. The molecule has 26 heavy (non-hydrogen) atoms. The quantitative estimate of drug-likeness (QED) is 0.642. The zero-order valence-electron chi connectivity index (χ0n) is 14.4. The summed E-state index contributed by atoms with van der Waals surface area (Å²) in [6.07, 6.45) is 0. The van der Waals surface area contributed by atoms with Gasteiger partial charge in [-0.1, -0.05) is 48.5 Å². The van der Waals surface area contributed by atoms with Crippen LogP contribution in [0, 0.1) is 0 Å². The molecule has 5 nitrogen and oxygen atoms in total. The van der Waals surface area contributed by atoms with Gasteiger partial charge >= 0.3 is 5.97 Å². The first-order valence-corrected chi connectivity index (χ1v) is 9.34. The SMILES string of the molecule is CNC(=O)COC(=O)c1oc2ccccc2c1CSCc1ccccc1. The lowest BCUT2D eigenvalue weighted by molar-refractivity contribution is -0.123. The van der Waals surface area contributed by atoms with Gasteiger partial charge in [0.2, 0.25) is 5.76 Å². The van der Waals surface area contributed by atoms with Gasteiger partial charge in [-0.05, 0) is 11.6 Å². The van der Waals surface area contributed by atoms with E-state index in [1.165, 1.54) is 12.6 Å². The predicted octanol–water partition coefficient (Wildman–Crippen LogP) is 3.77. The van der Waals surface area contributed by atoms with Gasteiger partial charge in [-0.3, -0.25) is 4.79 Å². The third-order valence-corrected chi connectivity index (χ3v) is 4.89. The molecule has 0 bridgehead atoms. The van der Waals surface area contributed by atoms with E-state index in [9.17, 15) is 9.59 Å². The van der Waals surface area contributed by atoms with Crippen LogP contribution in [0.2, 0.25) is 0 Å². The largest absolute Gasteiger partial charge is 0.450 e. The molecule has 3 rings (SSSR count). The first-order valence-electron chi connectivity index (χ1n) is 8.19. The Morgan fingerprint density at radius 2 is 1.77 bits per heavy atom. The summed E-state index contributed by atoms with van der Waals surface area (Å²) in [6, 6.07) is 17.6. The number of hydrogen-bond acceptors (Lipinski definition) is 5. The lowest BCUT2D eigenvalue weighted by atomic mass is 10.1. The Labute approximate surface area is 155 Å². The topological polar surface area (TPSA) is 68.5 Å². The number of thioether (sulfide) groups is 1. The van der Waals surface area contributed by atoms with Gasteiger partial charge in [0.15, 0.2) is 6.61 Å². The van der Waals surface area contributed by atoms with Crippen molar-refractivity contribution in [2.75, 3.05) is 13.7 Å². The molecule has 0 saturated heterocycles. The Balaban J connectivity index is 1.78. The van der Waals surface area contributed by atoms with Gasteiger partial charge in [0.1, 0.15) is 5.58 Å². The highest BCUT2D eigenvalue weighted by atomic mass is 32.2. The van der Waals surface area contributed by atoms with Crippen molar-refractivity contribution < 1.29 is 18.7 Å². The summed E-state index contributed by atoms with van der Waals surface area (Å²) in [5, 5.41) is 3.30. The standard InChI is InChI=1S/C20H19NO4S/c1-21-18(22)11-24-20(23)19-16(15-9-5-6-10-17(15)25-19)13-26-12-14-7-3-2-4-8-14/h2-10H,11-13H2,1H3,(H,21,22). The maximum Gasteiger partial charge on any atom is 0.375 e. The molecule has 6 heteroatoms. The van der Waals surface area contributed by atoms with Gasteiger partial charge in [0.05, 0.1) is 0 Å². The van der Waals surface area contributed by atoms with E-state index in [0.717, 1.165) is 16.7 Å². The van der Waals surface area contributed by atoms with Crippen LogP contribution >= 0.6 is 11.8 Å². The number of para-hydroxylation sites is 1. The minimum Gasteiger partial charge on any atom is -0.450 e. The summed E-state index contributed by atoms with van der Waals surface area (Å²) in [4.78, 5) is 23.7. The number of carbonyl (C=O) groups excluding carboxylic acids is 2. The van der Waals surface area contributed by atoms with Crippen LogP contribution in [0.3, 0.4) is 0 Å². The average molecular weight is 369 g/mol. The Kier molecular flexibility index (Phi) is 5.96. The number of nitrogens with one attached hydrogen (secondary N) is 1. The maximum absolute atomic E-state index is 12.4. The van der Waals surface area contributed by atoms with Crippen molar-refractivity contribution in [3.63, 3.8) is 0 Å². The second-order valence-corrected chi connectivity index (χ2v) is 6.62. The zero-order chi connectivity index (χ0) is 18.4. The molecule has 0 spiro atoms. The average Bonchev–Trinajstić information content (AvgIpc) is 3.05. The van der Waals surface area contributed by atoms with E-state index < -0.39 is 5.97 Å². The normalized spacial score (nSPS) is 10.7. The van der Waals surface area contributed by atoms with Crippen LogP contribution in [0.4, 0.5) is 0 Å². The molecule has 0 unspecified atom stereocenters. The van der Waals surface area contributed by atoms with Crippen LogP contribution in [0.15, 0.2) is 59.0 Å². The number of rotatable bonds is 7. The molecule has 0 fully saturated rings. The number of amides is 1. The lowest BCUT2D eigenvalue weighted by Gasteiger charge is -2.05. The maximum atomic E-state index is 12.4. The second-order valence-electron chi connectivity index (χ2n) is 5.63. The monoisotopic (exact) mass is 369 g/mol. The van der Waals surface area contributed by atoms with E-state index in [-0.39, 0.29) is 18.3 Å². The second kappa shape index (κ2) is 8.58.